The molecule has 4 rings (SSSR count). The third kappa shape index (κ3) is 3.51. The Morgan fingerprint density at radius 1 is 1.33 bits per heavy atom. The number of nitrogens with one attached hydrogen (secondary N) is 2. The number of amides is 2. The van der Waals surface area contributed by atoms with Crippen molar-refractivity contribution in [1.29, 1.82) is 0 Å². The third-order valence-corrected chi connectivity index (χ3v) is 5.22. The van der Waals surface area contributed by atoms with Gasteiger partial charge in [0.15, 0.2) is 5.82 Å². The predicted molar refractivity (Wildman–Crippen MR) is 98.4 cm³/mol. The van der Waals surface area contributed by atoms with Gasteiger partial charge in [0, 0.05) is 25.1 Å². The summed E-state index contributed by atoms with van der Waals surface area (Å²) in [6.45, 7) is 1.20. The summed E-state index contributed by atoms with van der Waals surface area (Å²) in [5, 5.41) is 14.3. The highest BCUT2D eigenvalue weighted by Crippen LogP contribution is 2.35. The van der Waals surface area contributed by atoms with E-state index >= 15 is 0 Å². The quantitative estimate of drug-likeness (QED) is 0.856. The second-order valence-corrected chi connectivity index (χ2v) is 6.97. The first kappa shape index (κ1) is 17.5. The highest BCUT2D eigenvalue weighted by Gasteiger charge is 2.31. The van der Waals surface area contributed by atoms with Gasteiger partial charge in [-0.1, -0.05) is 6.42 Å². The molecule has 1 aromatic carbocycles. The van der Waals surface area contributed by atoms with Crippen molar-refractivity contribution in [3.05, 3.63) is 35.4 Å². The zero-order chi connectivity index (χ0) is 18.8. The molecule has 0 aliphatic carbocycles. The van der Waals surface area contributed by atoms with Crippen LogP contribution in [0.25, 0.3) is 0 Å². The summed E-state index contributed by atoms with van der Waals surface area (Å²) in [5.74, 6) is 1.52. The fourth-order valence-corrected chi connectivity index (χ4v) is 3.77. The van der Waals surface area contributed by atoms with E-state index in [-0.39, 0.29) is 18.2 Å². The van der Waals surface area contributed by atoms with Crippen molar-refractivity contribution >= 4 is 17.5 Å². The molecule has 0 saturated heterocycles. The lowest BCUT2D eigenvalue weighted by Crippen LogP contribution is -2.35. The number of carbonyl (C=O) groups excluding carboxylic acids is 2. The second-order valence-electron chi connectivity index (χ2n) is 6.97. The molecule has 2 N–H and O–H groups in total. The maximum atomic E-state index is 12.8. The number of hydrogen-bond acceptors (Lipinski definition) is 5. The Labute approximate surface area is 157 Å². The number of aromatic nitrogens is 3. The fourth-order valence-electron chi connectivity index (χ4n) is 3.77. The van der Waals surface area contributed by atoms with Crippen LogP contribution < -0.4 is 15.4 Å². The zero-order valence-corrected chi connectivity index (χ0v) is 15.3. The summed E-state index contributed by atoms with van der Waals surface area (Å²) in [6.07, 6.45) is 4.45. The van der Waals surface area contributed by atoms with Gasteiger partial charge in [-0.05, 0) is 36.6 Å². The fraction of sp³-hybridized carbons (Fsp3) is 0.474. The van der Waals surface area contributed by atoms with E-state index in [0.717, 1.165) is 43.0 Å². The molecule has 142 valence electrons. The van der Waals surface area contributed by atoms with Crippen molar-refractivity contribution < 1.29 is 14.3 Å². The predicted octanol–water partition coefficient (Wildman–Crippen LogP) is 1.76. The van der Waals surface area contributed by atoms with E-state index in [4.69, 9.17) is 4.74 Å². The zero-order valence-electron chi connectivity index (χ0n) is 15.3. The van der Waals surface area contributed by atoms with Crippen molar-refractivity contribution in [3.63, 3.8) is 0 Å². The molecule has 0 bridgehead atoms. The number of methoxy groups -OCH3 is 1. The van der Waals surface area contributed by atoms with E-state index in [1.165, 1.54) is 6.42 Å². The molecule has 2 amide bonds. The van der Waals surface area contributed by atoms with E-state index < -0.39 is 5.92 Å². The topological polar surface area (TPSA) is 98.1 Å². The number of anilines is 1. The van der Waals surface area contributed by atoms with Crippen LogP contribution in [0.5, 0.6) is 5.75 Å². The van der Waals surface area contributed by atoms with E-state index in [1.807, 2.05) is 6.07 Å². The van der Waals surface area contributed by atoms with Crippen LogP contribution in [0.4, 0.5) is 5.69 Å². The SMILES string of the molecule is COc1ccc2c(c1)[C@@H](C(=O)NCc1nnc3n1CCCCC3)CC(=O)N2. The molecular formula is C19H23N5O3. The molecule has 8 nitrogen and oxygen atoms in total. The summed E-state index contributed by atoms with van der Waals surface area (Å²) in [5.41, 5.74) is 1.43. The van der Waals surface area contributed by atoms with Crippen LogP contribution in [-0.2, 0) is 29.1 Å². The van der Waals surface area contributed by atoms with Crippen LogP contribution >= 0.6 is 0 Å². The van der Waals surface area contributed by atoms with Gasteiger partial charge in [-0.15, -0.1) is 10.2 Å². The first-order valence-corrected chi connectivity index (χ1v) is 9.32. The Balaban J connectivity index is 1.51. The van der Waals surface area contributed by atoms with Crippen LogP contribution in [0.2, 0.25) is 0 Å². The Bertz CT molecular complexity index is 876. The number of carbonyl (C=O) groups is 2. The number of rotatable bonds is 4. The summed E-state index contributed by atoms with van der Waals surface area (Å²) in [4.78, 5) is 24.9. The third-order valence-electron chi connectivity index (χ3n) is 5.22. The van der Waals surface area contributed by atoms with E-state index in [0.29, 0.717) is 18.0 Å². The number of hydrogen-bond donors (Lipinski definition) is 2. The minimum atomic E-state index is -0.546. The van der Waals surface area contributed by atoms with Crippen molar-refractivity contribution in [1.82, 2.24) is 20.1 Å². The van der Waals surface area contributed by atoms with Crippen LogP contribution in [0.3, 0.4) is 0 Å². The standard InChI is InChI=1S/C19H23N5O3/c1-27-12-6-7-15-13(9-12)14(10-18(25)21-15)19(26)20-11-17-23-22-16-5-3-2-4-8-24(16)17/h6-7,9,14H,2-5,8,10-11H2,1H3,(H,20,26)(H,21,25)/t14-/m0/s1. The molecule has 27 heavy (non-hydrogen) atoms. The molecule has 1 aromatic heterocycles. The number of aryl methyl sites for hydroxylation is 1. The van der Waals surface area contributed by atoms with Crippen molar-refractivity contribution in [3.8, 4) is 5.75 Å². The van der Waals surface area contributed by atoms with Gasteiger partial charge in [0.2, 0.25) is 11.8 Å². The molecule has 0 spiro atoms. The molecule has 3 heterocycles. The number of fused-ring (bicyclic) bond motifs is 2. The van der Waals surface area contributed by atoms with E-state index in [9.17, 15) is 9.59 Å². The molecule has 0 radical (unpaired) electrons. The number of nitrogens with zero attached hydrogens (tertiary/aromatic N) is 3. The van der Waals surface area contributed by atoms with E-state index in [1.54, 1.807) is 19.2 Å². The van der Waals surface area contributed by atoms with Gasteiger partial charge < -0.3 is 19.9 Å². The van der Waals surface area contributed by atoms with Crippen LogP contribution in [0, 0.1) is 0 Å². The van der Waals surface area contributed by atoms with Gasteiger partial charge in [0.25, 0.3) is 0 Å². The summed E-state index contributed by atoms with van der Waals surface area (Å²) in [6, 6.07) is 5.34. The first-order valence-electron chi connectivity index (χ1n) is 9.32. The van der Waals surface area contributed by atoms with Gasteiger partial charge in [0.1, 0.15) is 11.6 Å². The Morgan fingerprint density at radius 2 is 2.22 bits per heavy atom. The number of ether oxygens (including phenoxy) is 1. The molecule has 0 fully saturated rings. The highest BCUT2D eigenvalue weighted by atomic mass is 16.5. The van der Waals surface area contributed by atoms with Crippen molar-refractivity contribution in [2.24, 2.45) is 0 Å². The summed E-state index contributed by atoms with van der Waals surface area (Å²) < 4.78 is 7.37. The Kier molecular flexibility index (Phi) is 4.79. The molecule has 2 aliphatic heterocycles. The Hall–Kier alpha value is -2.90. The molecule has 1 atom stereocenters. The normalized spacial score (nSPS) is 18.7. The lowest BCUT2D eigenvalue weighted by atomic mass is 9.89. The lowest BCUT2D eigenvalue weighted by Gasteiger charge is -2.25. The van der Waals surface area contributed by atoms with Gasteiger partial charge in [-0.2, -0.15) is 0 Å². The summed E-state index contributed by atoms with van der Waals surface area (Å²) >= 11 is 0. The van der Waals surface area contributed by atoms with Crippen LogP contribution in [0.15, 0.2) is 18.2 Å². The average Bonchev–Trinajstić information content (AvgIpc) is 2.91. The highest BCUT2D eigenvalue weighted by molar-refractivity contribution is 6.01. The first-order chi connectivity index (χ1) is 13.2. The van der Waals surface area contributed by atoms with Gasteiger partial charge in [-0.25, -0.2) is 0 Å². The van der Waals surface area contributed by atoms with Gasteiger partial charge in [-0.3, -0.25) is 9.59 Å². The maximum absolute atomic E-state index is 12.8. The average molecular weight is 369 g/mol. The van der Waals surface area contributed by atoms with E-state index in [2.05, 4.69) is 25.4 Å². The van der Waals surface area contributed by atoms with Gasteiger partial charge in [0.05, 0.1) is 19.6 Å². The smallest absolute Gasteiger partial charge is 0.228 e. The lowest BCUT2D eigenvalue weighted by molar-refractivity contribution is -0.126. The molecule has 2 aliphatic rings. The number of benzene rings is 1. The van der Waals surface area contributed by atoms with Crippen molar-refractivity contribution in [2.45, 2.75) is 51.1 Å². The summed E-state index contributed by atoms with van der Waals surface area (Å²) in [7, 11) is 1.58. The van der Waals surface area contributed by atoms with Crippen LogP contribution in [0.1, 0.15) is 48.8 Å². The molecule has 0 unspecified atom stereocenters. The van der Waals surface area contributed by atoms with Crippen LogP contribution in [-0.4, -0.2) is 33.7 Å². The molecule has 2 aromatic rings. The molecule has 8 heteroatoms. The largest absolute Gasteiger partial charge is 0.497 e. The minimum absolute atomic E-state index is 0.115. The minimum Gasteiger partial charge on any atom is -0.497 e. The second kappa shape index (κ2) is 7.38. The Morgan fingerprint density at radius 3 is 3.07 bits per heavy atom. The molecule has 0 saturated carbocycles. The van der Waals surface area contributed by atoms with Gasteiger partial charge >= 0.3 is 0 Å². The monoisotopic (exact) mass is 369 g/mol. The maximum Gasteiger partial charge on any atom is 0.228 e. The molecular weight excluding hydrogens is 346 g/mol. The van der Waals surface area contributed by atoms with Crippen molar-refractivity contribution in [2.75, 3.05) is 12.4 Å².